The molecule has 0 atom stereocenters. The average molecular weight is 348 g/mol. The number of guanidine groups is 1. The summed E-state index contributed by atoms with van der Waals surface area (Å²) in [4.78, 5) is 18.2. The van der Waals surface area contributed by atoms with E-state index in [0.29, 0.717) is 13.0 Å². The van der Waals surface area contributed by atoms with Gasteiger partial charge in [-0.3, -0.25) is 9.79 Å². The van der Waals surface area contributed by atoms with Gasteiger partial charge in [0.25, 0.3) is 0 Å². The molecule has 0 bridgehead atoms. The van der Waals surface area contributed by atoms with Gasteiger partial charge in [-0.25, -0.2) is 0 Å². The van der Waals surface area contributed by atoms with Gasteiger partial charge >= 0.3 is 0 Å². The normalized spacial score (nSPS) is 11.4. The third kappa shape index (κ3) is 8.42. The van der Waals surface area contributed by atoms with Gasteiger partial charge in [-0.15, -0.1) is 0 Å². The molecule has 0 aliphatic rings. The Hall–Kier alpha value is -2.24. The number of anilines is 1. The molecule has 0 aliphatic heterocycles. The van der Waals surface area contributed by atoms with Crippen molar-refractivity contribution in [3.63, 3.8) is 0 Å². The summed E-state index contributed by atoms with van der Waals surface area (Å²) in [5, 5.41) is 9.35. The second kappa shape index (κ2) is 11.3. The highest BCUT2D eigenvalue weighted by atomic mass is 16.1. The van der Waals surface area contributed by atoms with Crippen LogP contribution in [0.2, 0.25) is 0 Å². The Morgan fingerprint density at radius 3 is 2.56 bits per heavy atom. The zero-order chi connectivity index (χ0) is 18.7. The van der Waals surface area contributed by atoms with Gasteiger partial charge in [0.2, 0.25) is 5.91 Å². The van der Waals surface area contributed by atoms with E-state index in [9.17, 15) is 4.79 Å². The van der Waals surface area contributed by atoms with E-state index in [0.717, 1.165) is 25.6 Å². The smallest absolute Gasteiger partial charge is 0.221 e. The van der Waals surface area contributed by atoms with E-state index in [4.69, 9.17) is 0 Å². The number of carbonyl (C=O) groups is 1. The molecule has 0 aromatic heterocycles. The summed E-state index contributed by atoms with van der Waals surface area (Å²) in [5.41, 5.74) is 2.50. The molecule has 0 radical (unpaired) electrons. The van der Waals surface area contributed by atoms with Crippen molar-refractivity contribution in [2.75, 3.05) is 38.1 Å². The zero-order valence-corrected chi connectivity index (χ0v) is 16.2. The molecule has 25 heavy (non-hydrogen) atoms. The van der Waals surface area contributed by atoms with Crippen LogP contribution in [0.5, 0.6) is 0 Å². The minimum atomic E-state index is 0.0505. The molecular formula is C19H33N5O. The summed E-state index contributed by atoms with van der Waals surface area (Å²) in [7, 11) is 1.74. The number of aryl methyl sites for hydroxylation is 1. The van der Waals surface area contributed by atoms with E-state index in [1.54, 1.807) is 7.05 Å². The lowest BCUT2D eigenvalue weighted by molar-refractivity contribution is -0.121. The Morgan fingerprint density at radius 2 is 1.96 bits per heavy atom. The lowest BCUT2D eigenvalue weighted by atomic mass is 10.2. The van der Waals surface area contributed by atoms with Crippen molar-refractivity contribution in [3.05, 3.63) is 29.8 Å². The van der Waals surface area contributed by atoms with Crippen molar-refractivity contribution in [3.8, 4) is 0 Å². The summed E-state index contributed by atoms with van der Waals surface area (Å²) in [5.74, 6) is 0.771. The summed E-state index contributed by atoms with van der Waals surface area (Å²) in [6, 6.07) is 8.70. The third-order valence-corrected chi connectivity index (χ3v) is 3.74. The van der Waals surface area contributed by atoms with Crippen LogP contribution in [-0.4, -0.2) is 51.1 Å². The first kappa shape index (κ1) is 20.8. The fourth-order valence-corrected chi connectivity index (χ4v) is 2.51. The number of carbonyl (C=O) groups excluding carboxylic acids is 1. The van der Waals surface area contributed by atoms with Crippen molar-refractivity contribution >= 4 is 17.6 Å². The molecular weight excluding hydrogens is 314 g/mol. The van der Waals surface area contributed by atoms with Gasteiger partial charge < -0.3 is 20.9 Å². The topological polar surface area (TPSA) is 68.8 Å². The van der Waals surface area contributed by atoms with Crippen LogP contribution in [0.4, 0.5) is 5.69 Å². The van der Waals surface area contributed by atoms with Crippen LogP contribution >= 0.6 is 0 Å². The van der Waals surface area contributed by atoms with Gasteiger partial charge in [-0.1, -0.05) is 12.1 Å². The number of hydrogen-bond donors (Lipinski definition) is 3. The molecule has 0 saturated carbocycles. The number of likely N-dealkylation sites (N-methyl/N-ethyl adjacent to an activating group) is 1. The Labute approximate surface area is 152 Å². The molecule has 0 fully saturated rings. The predicted octanol–water partition coefficient (Wildman–Crippen LogP) is 1.90. The first-order valence-electron chi connectivity index (χ1n) is 9.01. The fourth-order valence-electron chi connectivity index (χ4n) is 2.51. The summed E-state index contributed by atoms with van der Waals surface area (Å²) in [6.07, 6.45) is 0.434. The minimum absolute atomic E-state index is 0.0505. The molecule has 0 spiro atoms. The molecule has 1 aromatic rings. The number of benzene rings is 1. The first-order chi connectivity index (χ1) is 12.0. The van der Waals surface area contributed by atoms with Gasteiger partial charge in [-0.2, -0.15) is 0 Å². The Kier molecular flexibility index (Phi) is 9.43. The standard InChI is InChI=1S/C19H33N5O/c1-6-24(17-9-7-8-16(4)14-17)13-12-22-19(20-5)21-11-10-18(25)23-15(2)3/h7-9,14-15H,6,10-13H2,1-5H3,(H,23,25)(H2,20,21,22). The second-order valence-corrected chi connectivity index (χ2v) is 6.32. The molecule has 0 heterocycles. The van der Waals surface area contributed by atoms with Crippen molar-refractivity contribution < 1.29 is 4.79 Å². The highest BCUT2D eigenvalue weighted by molar-refractivity contribution is 5.81. The first-order valence-corrected chi connectivity index (χ1v) is 9.01. The number of hydrogen-bond acceptors (Lipinski definition) is 3. The lowest BCUT2D eigenvalue weighted by Gasteiger charge is -2.24. The van der Waals surface area contributed by atoms with Crippen LogP contribution in [0.3, 0.4) is 0 Å². The van der Waals surface area contributed by atoms with Crippen LogP contribution in [0, 0.1) is 6.92 Å². The van der Waals surface area contributed by atoms with Crippen LogP contribution in [0.25, 0.3) is 0 Å². The van der Waals surface area contributed by atoms with E-state index in [1.165, 1.54) is 11.3 Å². The van der Waals surface area contributed by atoms with Gasteiger partial charge in [0.1, 0.15) is 0 Å². The zero-order valence-electron chi connectivity index (χ0n) is 16.2. The predicted molar refractivity (Wildman–Crippen MR) is 106 cm³/mol. The van der Waals surface area contributed by atoms with Crippen molar-refractivity contribution in [1.29, 1.82) is 0 Å². The van der Waals surface area contributed by atoms with Crippen LogP contribution in [0.15, 0.2) is 29.3 Å². The molecule has 0 saturated heterocycles. The van der Waals surface area contributed by atoms with Crippen molar-refractivity contribution in [2.24, 2.45) is 4.99 Å². The molecule has 1 rings (SSSR count). The Morgan fingerprint density at radius 1 is 1.24 bits per heavy atom. The third-order valence-electron chi connectivity index (χ3n) is 3.74. The van der Waals surface area contributed by atoms with Gasteiger partial charge in [0, 0.05) is 51.4 Å². The largest absolute Gasteiger partial charge is 0.370 e. The van der Waals surface area contributed by atoms with Crippen molar-refractivity contribution in [1.82, 2.24) is 16.0 Å². The Balaban J connectivity index is 2.35. The SMILES string of the molecule is CCN(CCNC(=NC)NCCC(=O)NC(C)C)c1cccc(C)c1. The molecule has 3 N–H and O–H groups in total. The van der Waals surface area contributed by atoms with Crippen LogP contribution in [-0.2, 0) is 4.79 Å². The van der Waals surface area contributed by atoms with E-state index in [1.807, 2.05) is 13.8 Å². The molecule has 0 unspecified atom stereocenters. The number of rotatable bonds is 9. The molecule has 1 aromatic carbocycles. The maximum Gasteiger partial charge on any atom is 0.221 e. The van der Waals surface area contributed by atoms with E-state index >= 15 is 0 Å². The molecule has 1 amide bonds. The van der Waals surface area contributed by atoms with Crippen LogP contribution < -0.4 is 20.9 Å². The molecule has 140 valence electrons. The van der Waals surface area contributed by atoms with E-state index in [2.05, 4.69) is 64.0 Å². The second-order valence-electron chi connectivity index (χ2n) is 6.32. The number of aliphatic imine (C=N–C) groups is 1. The summed E-state index contributed by atoms with van der Waals surface area (Å²) >= 11 is 0. The van der Waals surface area contributed by atoms with Crippen LogP contribution in [0.1, 0.15) is 32.8 Å². The lowest BCUT2D eigenvalue weighted by Crippen LogP contribution is -2.43. The number of nitrogens with zero attached hydrogens (tertiary/aromatic N) is 2. The Bertz CT molecular complexity index is 557. The summed E-state index contributed by atoms with van der Waals surface area (Å²) in [6.45, 7) is 11.4. The molecule has 6 nitrogen and oxygen atoms in total. The maximum absolute atomic E-state index is 11.6. The monoisotopic (exact) mass is 347 g/mol. The molecule has 6 heteroatoms. The average Bonchev–Trinajstić information content (AvgIpc) is 2.56. The van der Waals surface area contributed by atoms with Crippen molar-refractivity contribution in [2.45, 2.75) is 40.2 Å². The number of nitrogens with one attached hydrogen (secondary N) is 3. The maximum atomic E-state index is 11.6. The number of amides is 1. The minimum Gasteiger partial charge on any atom is -0.370 e. The van der Waals surface area contributed by atoms with E-state index in [-0.39, 0.29) is 11.9 Å². The summed E-state index contributed by atoms with van der Waals surface area (Å²) < 4.78 is 0. The van der Waals surface area contributed by atoms with Gasteiger partial charge in [-0.05, 0) is 45.4 Å². The van der Waals surface area contributed by atoms with Gasteiger partial charge in [0.05, 0.1) is 0 Å². The van der Waals surface area contributed by atoms with E-state index < -0.39 is 0 Å². The highest BCUT2D eigenvalue weighted by Gasteiger charge is 2.06. The quantitative estimate of drug-likeness (QED) is 0.471. The fraction of sp³-hybridized carbons (Fsp3) is 0.579. The highest BCUT2D eigenvalue weighted by Crippen LogP contribution is 2.14. The molecule has 0 aliphatic carbocycles. The van der Waals surface area contributed by atoms with Gasteiger partial charge in [0.15, 0.2) is 5.96 Å².